The van der Waals surface area contributed by atoms with E-state index in [-0.39, 0.29) is 13.2 Å². The summed E-state index contributed by atoms with van der Waals surface area (Å²) in [5.74, 6) is 0. The molecule has 5 rings (SSSR count). The lowest BCUT2D eigenvalue weighted by molar-refractivity contribution is -0.0953. The van der Waals surface area contributed by atoms with Gasteiger partial charge < -0.3 is 14.9 Å². The van der Waals surface area contributed by atoms with Crippen LogP contribution in [0.1, 0.15) is 36.9 Å². The van der Waals surface area contributed by atoms with E-state index in [0.717, 1.165) is 5.56 Å². The number of aliphatic hydroxyl groups is 2. The van der Waals surface area contributed by atoms with Crippen LogP contribution in [0.4, 0.5) is 0 Å². The molecule has 0 aliphatic carbocycles. The van der Waals surface area contributed by atoms with E-state index in [9.17, 15) is 14.8 Å². The highest BCUT2D eigenvalue weighted by atomic mass is 35.5. The largest absolute Gasteiger partial charge is 0.475 e. The molecule has 2 aliphatic rings. The molecule has 0 radical (unpaired) electrons. The fourth-order valence-corrected chi connectivity index (χ4v) is 5.79. The van der Waals surface area contributed by atoms with Crippen molar-refractivity contribution in [1.29, 1.82) is 0 Å². The molecule has 2 saturated heterocycles. The van der Waals surface area contributed by atoms with Gasteiger partial charge in [-0.05, 0) is 31.5 Å². The zero-order chi connectivity index (χ0) is 24.1. The highest BCUT2D eigenvalue weighted by Gasteiger charge is 2.54. The minimum atomic E-state index is -3.95. The molecule has 2 fully saturated rings. The predicted molar refractivity (Wildman–Crippen MR) is 120 cm³/mol. The van der Waals surface area contributed by atoms with Gasteiger partial charge in [-0.3, -0.25) is 18.1 Å². The molecule has 0 bridgehead atoms. The van der Waals surface area contributed by atoms with Gasteiger partial charge in [0.2, 0.25) is 0 Å². The standard InChI is InChI=1S/C21H24ClN4O7P/c1-12-17-19(24-10-23-12)26(11-25-17)20-21(2,28)18(27)16(32-20)9-31-34(29)30-7-6-15(33-34)13-4-3-5-14(22)8-13/h3-5,8,10-11,15-16,18,20,27-28H,6-7,9H2,1-2H3/t15?,16-,18-,20-,21-,34?/m1/s1. The number of phosphoric acid groups is 1. The van der Waals surface area contributed by atoms with Gasteiger partial charge in [-0.2, -0.15) is 0 Å². The third-order valence-electron chi connectivity index (χ3n) is 6.05. The number of phosphoric ester groups is 1. The first-order valence-electron chi connectivity index (χ1n) is 10.7. The van der Waals surface area contributed by atoms with Gasteiger partial charge in [0.05, 0.1) is 31.3 Å². The Kier molecular flexibility index (Phi) is 6.24. The first kappa shape index (κ1) is 23.8. The number of aromatic nitrogens is 4. The van der Waals surface area contributed by atoms with Gasteiger partial charge in [0.25, 0.3) is 0 Å². The van der Waals surface area contributed by atoms with Crippen LogP contribution in [-0.2, 0) is 22.9 Å². The fraction of sp³-hybridized carbons (Fsp3) is 0.476. The Bertz CT molecular complexity index is 1250. The average molecular weight is 511 g/mol. The van der Waals surface area contributed by atoms with E-state index in [4.69, 9.17) is 29.9 Å². The third-order valence-corrected chi connectivity index (χ3v) is 7.76. The molecule has 1 aromatic carbocycles. The second-order valence-corrected chi connectivity index (χ2v) is 10.6. The van der Waals surface area contributed by atoms with Gasteiger partial charge in [-0.25, -0.2) is 19.5 Å². The van der Waals surface area contributed by atoms with Crippen LogP contribution in [0.3, 0.4) is 0 Å². The Balaban J connectivity index is 1.31. The van der Waals surface area contributed by atoms with E-state index in [1.807, 2.05) is 6.07 Å². The molecule has 2 unspecified atom stereocenters. The summed E-state index contributed by atoms with van der Waals surface area (Å²) in [7, 11) is -3.95. The minimum absolute atomic E-state index is 0.156. The van der Waals surface area contributed by atoms with Crippen LogP contribution in [0.15, 0.2) is 36.9 Å². The Hall–Kier alpha value is -1.95. The van der Waals surface area contributed by atoms with Crippen LogP contribution in [0, 0.1) is 6.92 Å². The summed E-state index contributed by atoms with van der Waals surface area (Å²) in [4.78, 5) is 12.6. The number of benzene rings is 1. The topological polar surface area (TPSA) is 138 Å². The number of ether oxygens (including phenoxy) is 1. The molecule has 0 amide bonds. The summed E-state index contributed by atoms with van der Waals surface area (Å²) in [5, 5.41) is 22.4. The molecule has 0 spiro atoms. The number of halogens is 1. The quantitative estimate of drug-likeness (QED) is 0.492. The van der Waals surface area contributed by atoms with Crippen LogP contribution in [-0.4, -0.2) is 60.8 Å². The van der Waals surface area contributed by atoms with Crippen molar-refractivity contribution >= 4 is 30.6 Å². The van der Waals surface area contributed by atoms with Crippen molar-refractivity contribution < 1.29 is 33.1 Å². The number of hydrogen-bond acceptors (Lipinski definition) is 10. The average Bonchev–Trinajstić information content (AvgIpc) is 3.32. The number of nitrogens with zero attached hydrogens (tertiary/aromatic N) is 4. The molecule has 6 atom stereocenters. The first-order chi connectivity index (χ1) is 16.2. The zero-order valence-corrected chi connectivity index (χ0v) is 20.1. The lowest BCUT2D eigenvalue weighted by atomic mass is 9.96. The second kappa shape index (κ2) is 8.92. The van der Waals surface area contributed by atoms with Gasteiger partial charge in [0, 0.05) is 11.4 Å². The molecule has 11 nitrogen and oxygen atoms in total. The van der Waals surface area contributed by atoms with Crippen molar-refractivity contribution in [3.8, 4) is 0 Å². The van der Waals surface area contributed by atoms with E-state index in [1.165, 1.54) is 24.1 Å². The normalized spacial score (nSPS) is 34.0. The minimum Gasteiger partial charge on any atom is -0.387 e. The fourth-order valence-electron chi connectivity index (χ4n) is 4.20. The van der Waals surface area contributed by atoms with E-state index in [2.05, 4.69) is 15.0 Å². The first-order valence-corrected chi connectivity index (χ1v) is 12.5. The van der Waals surface area contributed by atoms with Crippen LogP contribution in [0.2, 0.25) is 5.02 Å². The summed E-state index contributed by atoms with van der Waals surface area (Å²) < 4.78 is 37.0. The molecule has 182 valence electrons. The number of fused-ring (bicyclic) bond motifs is 1. The van der Waals surface area contributed by atoms with Crippen LogP contribution < -0.4 is 0 Å². The number of aliphatic hydroxyl groups excluding tert-OH is 1. The van der Waals surface area contributed by atoms with Crippen LogP contribution >= 0.6 is 19.4 Å². The summed E-state index contributed by atoms with van der Waals surface area (Å²) in [6, 6.07) is 7.06. The van der Waals surface area contributed by atoms with Gasteiger partial charge >= 0.3 is 7.82 Å². The molecule has 4 heterocycles. The molecule has 2 aromatic heterocycles. The molecule has 13 heteroatoms. The molecular weight excluding hydrogens is 487 g/mol. The van der Waals surface area contributed by atoms with Crippen LogP contribution in [0.5, 0.6) is 0 Å². The van der Waals surface area contributed by atoms with Gasteiger partial charge in [0.1, 0.15) is 29.7 Å². The maximum absolute atomic E-state index is 13.1. The zero-order valence-electron chi connectivity index (χ0n) is 18.4. The predicted octanol–water partition coefficient (Wildman–Crippen LogP) is 3.10. The number of imidazole rings is 1. The highest BCUT2D eigenvalue weighted by Crippen LogP contribution is 2.57. The molecule has 2 aliphatic heterocycles. The van der Waals surface area contributed by atoms with Crippen LogP contribution in [0.25, 0.3) is 11.2 Å². The van der Waals surface area contributed by atoms with E-state index < -0.39 is 38.0 Å². The van der Waals surface area contributed by atoms with Crippen molar-refractivity contribution in [2.45, 2.75) is 50.4 Å². The smallest absolute Gasteiger partial charge is 0.387 e. The van der Waals surface area contributed by atoms with Crippen molar-refractivity contribution in [2.24, 2.45) is 0 Å². The van der Waals surface area contributed by atoms with E-state index in [1.54, 1.807) is 25.1 Å². The lowest BCUT2D eigenvalue weighted by Gasteiger charge is -2.30. The maximum atomic E-state index is 13.1. The molecule has 0 saturated carbocycles. The SMILES string of the molecule is Cc1ncnc2c1ncn2[C@@H]1O[C@H](COP2(=O)OCCC(c3cccc(Cl)c3)O2)[C@@H](O)[C@@]1(C)O. The van der Waals surface area contributed by atoms with E-state index in [0.29, 0.717) is 28.3 Å². The lowest BCUT2D eigenvalue weighted by Crippen LogP contribution is -2.44. The molecular formula is C21H24ClN4O7P. The third kappa shape index (κ3) is 4.27. The maximum Gasteiger partial charge on any atom is 0.475 e. The Morgan fingerprint density at radius 1 is 1.35 bits per heavy atom. The Morgan fingerprint density at radius 2 is 2.18 bits per heavy atom. The second-order valence-electron chi connectivity index (χ2n) is 8.49. The summed E-state index contributed by atoms with van der Waals surface area (Å²) in [6.07, 6.45) is -0.611. The number of aryl methyl sites for hydroxylation is 1. The molecule has 2 N–H and O–H groups in total. The Labute approximate surface area is 200 Å². The highest BCUT2D eigenvalue weighted by molar-refractivity contribution is 7.48. The molecule has 34 heavy (non-hydrogen) atoms. The van der Waals surface area contributed by atoms with Gasteiger partial charge in [0.15, 0.2) is 11.9 Å². The summed E-state index contributed by atoms with van der Waals surface area (Å²) in [5.41, 5.74) is 0.705. The van der Waals surface area contributed by atoms with Crippen molar-refractivity contribution in [3.05, 3.63) is 53.2 Å². The molecule has 3 aromatic rings. The van der Waals surface area contributed by atoms with Crippen molar-refractivity contribution in [3.63, 3.8) is 0 Å². The summed E-state index contributed by atoms with van der Waals surface area (Å²) in [6.45, 7) is 3.04. The van der Waals surface area contributed by atoms with E-state index >= 15 is 0 Å². The van der Waals surface area contributed by atoms with Gasteiger partial charge in [-0.1, -0.05) is 23.7 Å². The number of rotatable bonds is 5. The summed E-state index contributed by atoms with van der Waals surface area (Å²) >= 11 is 6.06. The van der Waals surface area contributed by atoms with Gasteiger partial charge in [-0.15, -0.1) is 0 Å². The van der Waals surface area contributed by atoms with Crippen molar-refractivity contribution in [1.82, 2.24) is 19.5 Å². The Morgan fingerprint density at radius 3 is 2.97 bits per heavy atom. The van der Waals surface area contributed by atoms with Crippen molar-refractivity contribution in [2.75, 3.05) is 13.2 Å². The monoisotopic (exact) mass is 510 g/mol. The number of hydrogen-bond donors (Lipinski definition) is 2.